The van der Waals surface area contributed by atoms with E-state index >= 15 is 0 Å². The smallest absolute Gasteiger partial charge is 0.161 e. The fourth-order valence-corrected chi connectivity index (χ4v) is 3.72. The molecule has 1 N–H and O–H groups in total. The van der Waals surface area contributed by atoms with Crippen LogP contribution in [0.5, 0.6) is 0 Å². The summed E-state index contributed by atoms with van der Waals surface area (Å²) in [6, 6.07) is 13.3. The number of nitrogens with zero attached hydrogens (tertiary/aromatic N) is 1. The molecule has 0 fully saturated rings. The van der Waals surface area contributed by atoms with Crippen LogP contribution in [0.2, 0.25) is 0 Å². The average Bonchev–Trinajstić information content (AvgIpc) is 2.47. The number of thioether (sulfide) groups is 1. The number of amidine groups is 1. The van der Waals surface area contributed by atoms with Gasteiger partial charge in [0.1, 0.15) is 0 Å². The number of nitrogens with one attached hydrogen (secondary N) is 1. The molecule has 104 valence electrons. The van der Waals surface area contributed by atoms with E-state index in [0.717, 1.165) is 27.5 Å². The van der Waals surface area contributed by atoms with Crippen LogP contribution in [0, 0.1) is 0 Å². The Labute approximate surface area is 132 Å². The van der Waals surface area contributed by atoms with Gasteiger partial charge in [0, 0.05) is 15.9 Å². The van der Waals surface area contributed by atoms with E-state index in [1.807, 2.05) is 11.8 Å². The molecule has 2 aromatic rings. The van der Waals surface area contributed by atoms with Crippen LogP contribution in [0.3, 0.4) is 0 Å². The van der Waals surface area contributed by atoms with Crippen molar-refractivity contribution in [3.63, 3.8) is 0 Å². The Morgan fingerprint density at radius 3 is 2.90 bits per heavy atom. The molecular weight excluding hydrogens is 332 g/mol. The van der Waals surface area contributed by atoms with E-state index in [1.165, 1.54) is 17.2 Å². The van der Waals surface area contributed by atoms with Crippen molar-refractivity contribution in [1.82, 2.24) is 0 Å². The summed E-state index contributed by atoms with van der Waals surface area (Å²) in [5, 5.41) is 7.00. The molecule has 0 saturated heterocycles. The molecule has 1 aliphatic rings. The first-order chi connectivity index (χ1) is 9.74. The summed E-state index contributed by atoms with van der Waals surface area (Å²) in [5.74, 6) is 1.16. The minimum absolute atomic E-state index is 0.482. The lowest BCUT2D eigenvalue weighted by atomic mass is 10.1. The van der Waals surface area contributed by atoms with E-state index in [1.54, 1.807) is 0 Å². The largest absolute Gasteiger partial charge is 0.335 e. The van der Waals surface area contributed by atoms with Crippen LogP contribution in [0.15, 0.2) is 45.9 Å². The molecule has 4 heteroatoms. The fraction of sp³-hybridized carbons (Fsp3) is 0.312. The number of fused-ring (bicyclic) bond motifs is 1. The van der Waals surface area contributed by atoms with Crippen LogP contribution >= 0.6 is 27.7 Å². The van der Waals surface area contributed by atoms with Crippen molar-refractivity contribution in [3.8, 4) is 0 Å². The van der Waals surface area contributed by atoms with Gasteiger partial charge in [-0.3, -0.25) is 4.99 Å². The summed E-state index contributed by atoms with van der Waals surface area (Å²) >= 11 is 5.32. The van der Waals surface area contributed by atoms with Gasteiger partial charge in [0.15, 0.2) is 5.17 Å². The molecule has 2 nitrogen and oxygen atoms in total. The van der Waals surface area contributed by atoms with Gasteiger partial charge in [-0.2, -0.15) is 0 Å². The third-order valence-corrected chi connectivity index (χ3v) is 4.93. The van der Waals surface area contributed by atoms with E-state index in [2.05, 4.69) is 64.6 Å². The summed E-state index contributed by atoms with van der Waals surface area (Å²) in [6.07, 6.45) is 2.32. The topological polar surface area (TPSA) is 24.4 Å². The van der Waals surface area contributed by atoms with E-state index in [0.29, 0.717) is 6.04 Å². The van der Waals surface area contributed by atoms with Gasteiger partial charge in [-0.05, 0) is 47.9 Å². The number of rotatable bonds is 2. The molecule has 0 aromatic heterocycles. The molecule has 3 rings (SSSR count). The zero-order chi connectivity index (χ0) is 13.9. The molecule has 0 saturated carbocycles. The number of aliphatic imine (C=N–C) groups is 1. The molecule has 20 heavy (non-hydrogen) atoms. The Balaban J connectivity index is 1.84. The second-order valence-corrected chi connectivity index (χ2v) is 6.96. The first-order valence-corrected chi connectivity index (χ1v) is 8.69. The van der Waals surface area contributed by atoms with Crippen molar-refractivity contribution >= 4 is 49.3 Å². The van der Waals surface area contributed by atoms with Crippen LogP contribution < -0.4 is 5.32 Å². The van der Waals surface area contributed by atoms with Crippen LogP contribution in [0.4, 0.5) is 5.69 Å². The van der Waals surface area contributed by atoms with Gasteiger partial charge in [0.25, 0.3) is 0 Å². The molecule has 1 aliphatic heterocycles. The van der Waals surface area contributed by atoms with E-state index in [9.17, 15) is 0 Å². The summed E-state index contributed by atoms with van der Waals surface area (Å²) in [7, 11) is 0. The standard InChI is InChI=1S/C16H17BrN2S/c1-2-14-7-8-20-16(18-14)19-15-6-4-11-9-13(17)5-3-12(11)10-15/h3-6,9-10,14H,2,7-8H2,1H3,(H,18,19). The molecule has 0 amide bonds. The zero-order valence-electron chi connectivity index (χ0n) is 11.4. The zero-order valence-corrected chi connectivity index (χ0v) is 13.8. The first kappa shape index (κ1) is 14.0. The molecule has 1 unspecified atom stereocenters. The van der Waals surface area contributed by atoms with Gasteiger partial charge in [-0.15, -0.1) is 0 Å². The monoisotopic (exact) mass is 348 g/mol. The molecule has 0 spiro atoms. The molecule has 1 heterocycles. The lowest BCUT2D eigenvalue weighted by Gasteiger charge is -2.19. The van der Waals surface area contributed by atoms with E-state index in [-0.39, 0.29) is 0 Å². The number of halogens is 1. The van der Waals surface area contributed by atoms with Gasteiger partial charge in [-0.25, -0.2) is 0 Å². The second-order valence-electron chi connectivity index (χ2n) is 4.96. The van der Waals surface area contributed by atoms with Crippen molar-refractivity contribution < 1.29 is 0 Å². The Bertz CT molecular complexity index is 654. The molecule has 1 atom stereocenters. The normalized spacial score (nSPS) is 18.9. The number of hydrogen-bond donors (Lipinski definition) is 1. The number of benzene rings is 2. The average molecular weight is 349 g/mol. The molecule has 2 aromatic carbocycles. The van der Waals surface area contributed by atoms with Crippen molar-refractivity contribution in [1.29, 1.82) is 0 Å². The van der Waals surface area contributed by atoms with Gasteiger partial charge >= 0.3 is 0 Å². The molecular formula is C16H17BrN2S. The minimum atomic E-state index is 0.482. The lowest BCUT2D eigenvalue weighted by molar-refractivity contribution is 0.634. The summed E-state index contributed by atoms with van der Waals surface area (Å²) in [5.41, 5.74) is 1.11. The predicted octanol–water partition coefficient (Wildman–Crippen LogP) is 5.29. The molecule has 0 aliphatic carbocycles. The SMILES string of the molecule is CCC1CCSC(Nc2ccc3cc(Br)ccc3c2)=N1. The maximum Gasteiger partial charge on any atom is 0.161 e. The van der Waals surface area contributed by atoms with Gasteiger partial charge in [0.05, 0.1) is 6.04 Å². The Kier molecular flexibility index (Phi) is 4.32. The van der Waals surface area contributed by atoms with Crippen molar-refractivity contribution in [2.45, 2.75) is 25.8 Å². The molecule has 0 bridgehead atoms. The second kappa shape index (κ2) is 6.19. The first-order valence-electron chi connectivity index (χ1n) is 6.91. The van der Waals surface area contributed by atoms with E-state index in [4.69, 9.17) is 4.99 Å². The summed E-state index contributed by atoms with van der Waals surface area (Å²) in [4.78, 5) is 4.75. The Morgan fingerprint density at radius 1 is 1.25 bits per heavy atom. The van der Waals surface area contributed by atoms with Crippen LogP contribution in [0.1, 0.15) is 19.8 Å². The summed E-state index contributed by atoms with van der Waals surface area (Å²) in [6.45, 7) is 2.20. The maximum absolute atomic E-state index is 4.75. The Morgan fingerprint density at radius 2 is 2.05 bits per heavy atom. The highest BCUT2D eigenvalue weighted by Gasteiger charge is 2.14. The maximum atomic E-state index is 4.75. The van der Waals surface area contributed by atoms with Crippen LogP contribution in [-0.2, 0) is 0 Å². The highest BCUT2D eigenvalue weighted by atomic mass is 79.9. The fourth-order valence-electron chi connectivity index (χ4n) is 2.34. The quantitative estimate of drug-likeness (QED) is 0.797. The van der Waals surface area contributed by atoms with Gasteiger partial charge < -0.3 is 5.32 Å². The summed E-state index contributed by atoms with van der Waals surface area (Å²) < 4.78 is 1.11. The van der Waals surface area contributed by atoms with Crippen molar-refractivity contribution in [2.24, 2.45) is 4.99 Å². The third-order valence-electron chi connectivity index (χ3n) is 3.51. The van der Waals surface area contributed by atoms with Crippen LogP contribution in [-0.4, -0.2) is 17.0 Å². The molecule has 0 radical (unpaired) electrons. The third kappa shape index (κ3) is 3.18. The predicted molar refractivity (Wildman–Crippen MR) is 93.9 cm³/mol. The van der Waals surface area contributed by atoms with Crippen molar-refractivity contribution in [3.05, 3.63) is 40.9 Å². The van der Waals surface area contributed by atoms with Crippen LogP contribution in [0.25, 0.3) is 10.8 Å². The minimum Gasteiger partial charge on any atom is -0.335 e. The van der Waals surface area contributed by atoms with Gasteiger partial charge in [0.2, 0.25) is 0 Å². The van der Waals surface area contributed by atoms with E-state index < -0.39 is 0 Å². The number of anilines is 1. The van der Waals surface area contributed by atoms with Crippen molar-refractivity contribution in [2.75, 3.05) is 11.1 Å². The lowest BCUT2D eigenvalue weighted by Crippen LogP contribution is -2.19. The highest BCUT2D eigenvalue weighted by molar-refractivity contribution is 9.10. The van der Waals surface area contributed by atoms with Gasteiger partial charge in [-0.1, -0.05) is 46.7 Å². The number of hydrogen-bond acceptors (Lipinski definition) is 3. The highest BCUT2D eigenvalue weighted by Crippen LogP contribution is 2.25. The Hall–Kier alpha value is -1.00.